The molecule has 11 heavy (non-hydrogen) atoms. The van der Waals surface area contributed by atoms with Crippen LogP contribution in [-0.4, -0.2) is 19.0 Å². The van der Waals surface area contributed by atoms with Crippen LogP contribution in [0.25, 0.3) is 0 Å². The van der Waals surface area contributed by atoms with Crippen molar-refractivity contribution in [2.75, 3.05) is 14.1 Å². The van der Waals surface area contributed by atoms with Crippen LogP contribution in [0, 0.1) is 0 Å². The van der Waals surface area contributed by atoms with Gasteiger partial charge in [0.05, 0.1) is 5.82 Å². The predicted octanol–water partition coefficient (Wildman–Crippen LogP) is 0.813. The molecule has 0 aromatic rings. The first-order valence-corrected chi connectivity index (χ1v) is 3.30. The maximum Gasteiger partial charge on any atom is 0.103 e. The molecule has 0 radical (unpaired) electrons. The molecule has 0 heterocycles. The fourth-order valence-corrected chi connectivity index (χ4v) is 0.545. The van der Waals surface area contributed by atoms with Crippen molar-refractivity contribution >= 4 is 0 Å². The van der Waals surface area contributed by atoms with Crippen molar-refractivity contribution in [3.05, 3.63) is 37.6 Å². The summed E-state index contributed by atoms with van der Waals surface area (Å²) in [6, 6.07) is 0. The summed E-state index contributed by atoms with van der Waals surface area (Å²) in [7, 11) is 3.66. The summed E-state index contributed by atoms with van der Waals surface area (Å²) in [5, 5.41) is 5.76. The van der Waals surface area contributed by atoms with Gasteiger partial charge in [-0.15, -0.1) is 0 Å². The van der Waals surface area contributed by atoms with Gasteiger partial charge in [-0.2, -0.15) is 0 Å². The third kappa shape index (κ3) is 2.80. The standard InChI is InChI=1S/C8H15N3/c1-6-10-8(3)11(5)7(2)9-4/h6,9-10H,1-3H2,4-5H3. The third-order valence-corrected chi connectivity index (χ3v) is 1.37. The lowest BCUT2D eigenvalue weighted by Crippen LogP contribution is -2.29. The molecule has 0 spiro atoms. The molecule has 0 aromatic heterocycles. The van der Waals surface area contributed by atoms with E-state index in [-0.39, 0.29) is 0 Å². The summed E-state index contributed by atoms with van der Waals surface area (Å²) < 4.78 is 0. The fourth-order valence-electron chi connectivity index (χ4n) is 0.545. The van der Waals surface area contributed by atoms with Crippen LogP contribution < -0.4 is 10.6 Å². The summed E-state index contributed by atoms with van der Waals surface area (Å²) in [5.41, 5.74) is 0. The molecule has 0 fully saturated rings. The summed E-state index contributed by atoms with van der Waals surface area (Å²) in [4.78, 5) is 1.79. The van der Waals surface area contributed by atoms with Gasteiger partial charge >= 0.3 is 0 Å². The van der Waals surface area contributed by atoms with E-state index in [1.807, 2.05) is 7.05 Å². The molecule has 3 heteroatoms. The van der Waals surface area contributed by atoms with Crippen molar-refractivity contribution in [3.8, 4) is 0 Å². The first kappa shape index (κ1) is 9.62. The largest absolute Gasteiger partial charge is 0.375 e. The van der Waals surface area contributed by atoms with E-state index in [1.54, 1.807) is 18.1 Å². The molecule has 0 aliphatic carbocycles. The Kier molecular flexibility index (Phi) is 3.88. The molecule has 0 aromatic carbocycles. The minimum Gasteiger partial charge on any atom is -0.375 e. The van der Waals surface area contributed by atoms with Gasteiger partial charge < -0.3 is 15.5 Å². The van der Waals surface area contributed by atoms with Gasteiger partial charge in [0, 0.05) is 14.1 Å². The lowest BCUT2D eigenvalue weighted by molar-refractivity contribution is 0.463. The SMILES string of the molecule is C=CNC(=C)N(C)C(=C)NC. The highest BCUT2D eigenvalue weighted by molar-refractivity contribution is 5.03. The Hall–Kier alpha value is -1.38. The van der Waals surface area contributed by atoms with Gasteiger partial charge in [0.1, 0.15) is 5.82 Å². The molecule has 0 saturated heterocycles. The van der Waals surface area contributed by atoms with Crippen LogP contribution in [0.2, 0.25) is 0 Å². The second kappa shape index (κ2) is 4.44. The Morgan fingerprint density at radius 3 is 2.27 bits per heavy atom. The Labute approximate surface area is 68.1 Å². The van der Waals surface area contributed by atoms with Gasteiger partial charge in [-0.1, -0.05) is 19.7 Å². The summed E-state index contributed by atoms with van der Waals surface area (Å²) in [6.07, 6.45) is 1.57. The van der Waals surface area contributed by atoms with E-state index in [0.717, 1.165) is 11.6 Å². The van der Waals surface area contributed by atoms with Gasteiger partial charge in [0.25, 0.3) is 0 Å². The van der Waals surface area contributed by atoms with Crippen LogP contribution in [0.15, 0.2) is 37.6 Å². The zero-order valence-corrected chi connectivity index (χ0v) is 7.15. The number of nitrogens with one attached hydrogen (secondary N) is 2. The molecule has 62 valence electrons. The van der Waals surface area contributed by atoms with Gasteiger partial charge in [-0.05, 0) is 6.20 Å². The minimum atomic E-state index is 0.736. The van der Waals surface area contributed by atoms with Gasteiger partial charge in [-0.25, -0.2) is 0 Å². The van der Waals surface area contributed by atoms with Crippen LogP contribution in [-0.2, 0) is 0 Å². The normalized spacial score (nSPS) is 8.18. The van der Waals surface area contributed by atoms with E-state index < -0.39 is 0 Å². The van der Waals surface area contributed by atoms with Gasteiger partial charge in [-0.3, -0.25) is 0 Å². The van der Waals surface area contributed by atoms with E-state index in [4.69, 9.17) is 0 Å². The number of rotatable bonds is 5. The fraction of sp³-hybridized carbons (Fsp3) is 0.250. The smallest absolute Gasteiger partial charge is 0.103 e. The Morgan fingerprint density at radius 2 is 1.91 bits per heavy atom. The van der Waals surface area contributed by atoms with Crippen LogP contribution in [0.3, 0.4) is 0 Å². The van der Waals surface area contributed by atoms with Gasteiger partial charge in [0.15, 0.2) is 0 Å². The second-order valence-electron chi connectivity index (χ2n) is 2.05. The molecule has 3 nitrogen and oxygen atoms in total. The van der Waals surface area contributed by atoms with E-state index in [9.17, 15) is 0 Å². The topological polar surface area (TPSA) is 27.3 Å². The van der Waals surface area contributed by atoms with Crippen molar-refractivity contribution in [1.82, 2.24) is 15.5 Å². The van der Waals surface area contributed by atoms with Crippen molar-refractivity contribution < 1.29 is 0 Å². The number of hydrogen-bond donors (Lipinski definition) is 2. The Morgan fingerprint density at radius 1 is 1.36 bits per heavy atom. The molecular weight excluding hydrogens is 138 g/mol. The van der Waals surface area contributed by atoms with Crippen molar-refractivity contribution in [2.45, 2.75) is 0 Å². The first-order valence-electron chi connectivity index (χ1n) is 3.30. The van der Waals surface area contributed by atoms with Gasteiger partial charge in [0.2, 0.25) is 0 Å². The summed E-state index contributed by atoms with van der Waals surface area (Å²) in [6.45, 7) is 11.0. The Bertz CT molecular complexity index is 172. The van der Waals surface area contributed by atoms with E-state index >= 15 is 0 Å². The summed E-state index contributed by atoms with van der Waals surface area (Å²) >= 11 is 0. The van der Waals surface area contributed by atoms with Crippen molar-refractivity contribution in [2.24, 2.45) is 0 Å². The Balaban J connectivity index is 4.01. The molecule has 0 rings (SSSR count). The highest BCUT2D eigenvalue weighted by atomic mass is 15.3. The van der Waals surface area contributed by atoms with Crippen LogP contribution in [0.4, 0.5) is 0 Å². The maximum atomic E-state index is 3.76. The number of hydrogen-bond acceptors (Lipinski definition) is 3. The highest BCUT2D eigenvalue weighted by Crippen LogP contribution is 1.99. The molecule has 0 amide bonds. The monoisotopic (exact) mass is 153 g/mol. The van der Waals surface area contributed by atoms with Crippen LogP contribution in [0.1, 0.15) is 0 Å². The van der Waals surface area contributed by atoms with E-state index in [2.05, 4.69) is 30.4 Å². The molecular formula is C8H15N3. The minimum absolute atomic E-state index is 0.736. The molecule has 0 unspecified atom stereocenters. The summed E-state index contributed by atoms with van der Waals surface area (Å²) in [5.74, 6) is 1.52. The van der Waals surface area contributed by atoms with Crippen molar-refractivity contribution in [1.29, 1.82) is 0 Å². The van der Waals surface area contributed by atoms with Crippen LogP contribution in [0.5, 0.6) is 0 Å². The third-order valence-electron chi connectivity index (χ3n) is 1.37. The molecule has 0 saturated carbocycles. The zero-order valence-electron chi connectivity index (χ0n) is 7.15. The molecule has 0 atom stereocenters. The predicted molar refractivity (Wildman–Crippen MR) is 48.4 cm³/mol. The molecule has 2 N–H and O–H groups in total. The quantitative estimate of drug-likeness (QED) is 0.612. The average Bonchev–Trinajstić information content (AvgIpc) is 2.02. The van der Waals surface area contributed by atoms with E-state index in [1.165, 1.54) is 0 Å². The molecule has 0 bridgehead atoms. The second-order valence-corrected chi connectivity index (χ2v) is 2.05. The maximum absolute atomic E-state index is 3.76. The molecule has 0 aliphatic rings. The average molecular weight is 153 g/mol. The first-order chi connectivity index (χ1) is 5.13. The zero-order chi connectivity index (χ0) is 8.85. The lowest BCUT2D eigenvalue weighted by Gasteiger charge is -2.22. The van der Waals surface area contributed by atoms with Crippen molar-refractivity contribution in [3.63, 3.8) is 0 Å². The molecule has 0 aliphatic heterocycles. The van der Waals surface area contributed by atoms with Crippen LogP contribution >= 0.6 is 0 Å². The lowest BCUT2D eigenvalue weighted by atomic mass is 10.6. The highest BCUT2D eigenvalue weighted by Gasteiger charge is 2.00. The van der Waals surface area contributed by atoms with E-state index in [0.29, 0.717) is 0 Å². The number of nitrogens with zero attached hydrogens (tertiary/aromatic N) is 1.